The Hall–Kier alpha value is -1.74. The number of unbranched alkanes of at least 4 members (excludes halogenated alkanes) is 1. The molecule has 3 heterocycles. The van der Waals surface area contributed by atoms with Crippen LogP contribution < -0.4 is 21.7 Å². The maximum atomic E-state index is 11.9. The number of fused-ring (bicyclic) bond motifs is 1. The van der Waals surface area contributed by atoms with Crippen LogP contribution in [0, 0.1) is 0 Å². The summed E-state index contributed by atoms with van der Waals surface area (Å²) >= 11 is 1.91. The first-order chi connectivity index (χ1) is 11.6. The van der Waals surface area contributed by atoms with Gasteiger partial charge in [0.1, 0.15) is 0 Å². The van der Waals surface area contributed by atoms with E-state index in [1.165, 1.54) is 0 Å². The normalized spacial score (nSPS) is 26.5. The van der Waals surface area contributed by atoms with Crippen molar-refractivity contribution in [3.8, 4) is 0 Å². The zero-order chi connectivity index (χ0) is 16.9. The van der Waals surface area contributed by atoms with E-state index in [4.69, 9.17) is 5.73 Å². The molecule has 0 radical (unpaired) electrons. The highest BCUT2D eigenvalue weighted by atomic mass is 32.2. The number of carbonyl (C=O) groups excluding carboxylic acids is 2. The second-order valence-electron chi connectivity index (χ2n) is 6.30. The molecule has 2 fully saturated rings. The van der Waals surface area contributed by atoms with Gasteiger partial charge in [-0.15, -0.1) is 0 Å². The van der Waals surface area contributed by atoms with Crippen molar-refractivity contribution >= 4 is 23.7 Å². The number of nitrogens with one attached hydrogen (secondary N) is 4. The highest BCUT2D eigenvalue weighted by Gasteiger charge is 2.42. The number of H-pyrrole nitrogens is 1. The number of nitrogens with zero attached hydrogens (tertiary/aromatic N) is 1. The Labute approximate surface area is 145 Å². The molecule has 0 spiro atoms. The lowest BCUT2D eigenvalue weighted by Gasteiger charge is -2.16. The summed E-state index contributed by atoms with van der Waals surface area (Å²) in [6, 6.07) is -0.0854. The first-order valence-electron chi connectivity index (χ1n) is 8.32. The van der Waals surface area contributed by atoms with Gasteiger partial charge < -0.3 is 26.7 Å². The van der Waals surface area contributed by atoms with Crippen LogP contribution in [-0.2, 0) is 11.2 Å². The minimum Gasteiger partial charge on any atom is -0.355 e. The standard InChI is InChI=1S/C15H24N6O2S/c16-10(5-9-6-17-8-19-9)14(22)18-4-2-1-3-12-13-11(7-24-12)20-15(23)21-13/h6,8,10-13H,1-5,7,16H2,(H,17,19)(H,18,22)(H2,20,21,23)/t10-,11-,12-,13-/m0/s1. The van der Waals surface area contributed by atoms with Gasteiger partial charge >= 0.3 is 6.03 Å². The second kappa shape index (κ2) is 7.89. The number of nitrogens with two attached hydrogens (primary N) is 1. The fraction of sp³-hybridized carbons (Fsp3) is 0.667. The van der Waals surface area contributed by atoms with Gasteiger partial charge in [-0.2, -0.15) is 11.8 Å². The summed E-state index contributed by atoms with van der Waals surface area (Å²) < 4.78 is 0. The first-order valence-corrected chi connectivity index (χ1v) is 9.37. The molecule has 3 amide bonds. The lowest BCUT2D eigenvalue weighted by Crippen LogP contribution is -2.42. The number of urea groups is 1. The number of hydrogen-bond donors (Lipinski definition) is 5. The van der Waals surface area contributed by atoms with Crippen LogP contribution in [-0.4, -0.2) is 57.6 Å². The molecule has 6 N–H and O–H groups in total. The fourth-order valence-corrected chi connectivity index (χ4v) is 4.73. The summed E-state index contributed by atoms with van der Waals surface area (Å²) in [7, 11) is 0. The van der Waals surface area contributed by atoms with Crippen molar-refractivity contribution in [3.05, 3.63) is 18.2 Å². The Kier molecular flexibility index (Phi) is 5.62. The molecule has 0 aromatic carbocycles. The van der Waals surface area contributed by atoms with Crippen LogP contribution >= 0.6 is 11.8 Å². The number of carbonyl (C=O) groups is 2. The van der Waals surface area contributed by atoms with Crippen molar-refractivity contribution in [2.24, 2.45) is 5.73 Å². The highest BCUT2D eigenvalue weighted by molar-refractivity contribution is 8.00. The molecule has 2 aliphatic rings. The Balaban J connectivity index is 1.28. The first kappa shape index (κ1) is 17.1. The van der Waals surface area contributed by atoms with E-state index in [0.29, 0.717) is 18.2 Å². The van der Waals surface area contributed by atoms with Gasteiger partial charge in [0.2, 0.25) is 5.91 Å². The second-order valence-corrected chi connectivity index (χ2v) is 7.57. The van der Waals surface area contributed by atoms with E-state index in [9.17, 15) is 9.59 Å². The van der Waals surface area contributed by atoms with E-state index in [1.54, 1.807) is 12.5 Å². The summed E-state index contributed by atoms with van der Waals surface area (Å²) in [5.41, 5.74) is 6.74. The fourth-order valence-electron chi connectivity index (χ4n) is 3.18. The molecular weight excluding hydrogens is 328 g/mol. The van der Waals surface area contributed by atoms with Gasteiger partial charge in [-0.05, 0) is 12.8 Å². The van der Waals surface area contributed by atoms with Gasteiger partial charge in [-0.25, -0.2) is 9.78 Å². The van der Waals surface area contributed by atoms with E-state index in [-0.39, 0.29) is 24.0 Å². The van der Waals surface area contributed by atoms with Crippen LogP contribution in [0.25, 0.3) is 0 Å². The Bertz CT molecular complexity index is 566. The van der Waals surface area contributed by atoms with Crippen molar-refractivity contribution in [2.75, 3.05) is 12.3 Å². The van der Waals surface area contributed by atoms with Crippen molar-refractivity contribution in [3.63, 3.8) is 0 Å². The van der Waals surface area contributed by atoms with E-state index < -0.39 is 6.04 Å². The van der Waals surface area contributed by atoms with E-state index in [0.717, 1.165) is 30.7 Å². The van der Waals surface area contributed by atoms with Crippen molar-refractivity contribution in [2.45, 2.75) is 49.1 Å². The zero-order valence-corrected chi connectivity index (χ0v) is 14.3. The average molecular weight is 352 g/mol. The Morgan fingerprint density at radius 3 is 3.12 bits per heavy atom. The van der Waals surface area contributed by atoms with E-state index in [2.05, 4.69) is 25.9 Å². The third-order valence-corrected chi connectivity index (χ3v) is 5.99. The number of imidazole rings is 1. The van der Waals surface area contributed by atoms with Crippen molar-refractivity contribution < 1.29 is 9.59 Å². The molecule has 0 aliphatic carbocycles. The van der Waals surface area contributed by atoms with E-state index >= 15 is 0 Å². The number of amides is 3. The third-order valence-electron chi connectivity index (χ3n) is 4.48. The Morgan fingerprint density at radius 2 is 2.33 bits per heavy atom. The Morgan fingerprint density at radius 1 is 1.46 bits per heavy atom. The SMILES string of the molecule is N[C@@H](Cc1cnc[nH]1)C(=O)NCCCC[C@@H]1SC[C@@H]2NC(=O)N[C@@H]21. The van der Waals surface area contributed by atoms with Crippen molar-refractivity contribution in [1.29, 1.82) is 0 Å². The summed E-state index contributed by atoms with van der Waals surface area (Å²) in [4.78, 5) is 30.1. The monoisotopic (exact) mass is 352 g/mol. The molecule has 0 bridgehead atoms. The summed E-state index contributed by atoms with van der Waals surface area (Å²) in [6.45, 7) is 0.631. The third kappa shape index (κ3) is 4.21. The molecule has 0 saturated carbocycles. The molecule has 132 valence electrons. The van der Waals surface area contributed by atoms with Crippen LogP contribution in [0.4, 0.5) is 4.79 Å². The number of thioether (sulfide) groups is 1. The van der Waals surface area contributed by atoms with Gasteiger partial charge in [0.05, 0.1) is 24.5 Å². The maximum Gasteiger partial charge on any atom is 0.315 e. The number of rotatable bonds is 8. The van der Waals surface area contributed by atoms with Gasteiger partial charge in [-0.1, -0.05) is 6.42 Å². The quantitative estimate of drug-likeness (QED) is 0.325. The lowest BCUT2D eigenvalue weighted by atomic mass is 10.0. The molecule has 3 rings (SSSR count). The molecule has 1 aromatic heterocycles. The molecule has 0 unspecified atom stereocenters. The molecular formula is C15H24N6O2S. The highest BCUT2D eigenvalue weighted by Crippen LogP contribution is 2.32. The van der Waals surface area contributed by atoms with Crippen LogP contribution in [0.1, 0.15) is 25.0 Å². The molecule has 4 atom stereocenters. The van der Waals surface area contributed by atoms with Gasteiger partial charge in [0.15, 0.2) is 0 Å². The number of hydrogen-bond acceptors (Lipinski definition) is 5. The summed E-state index contributed by atoms with van der Waals surface area (Å²) in [5, 5.41) is 9.29. The zero-order valence-electron chi connectivity index (χ0n) is 13.5. The van der Waals surface area contributed by atoms with Crippen LogP contribution in [0.3, 0.4) is 0 Å². The average Bonchev–Trinajstić information content (AvgIpc) is 3.25. The van der Waals surface area contributed by atoms with Crippen LogP contribution in [0.15, 0.2) is 12.5 Å². The molecule has 2 aliphatic heterocycles. The molecule has 1 aromatic rings. The van der Waals surface area contributed by atoms with Crippen LogP contribution in [0.5, 0.6) is 0 Å². The minimum absolute atomic E-state index is 0.0474. The molecule has 2 saturated heterocycles. The van der Waals surface area contributed by atoms with Crippen molar-refractivity contribution in [1.82, 2.24) is 25.9 Å². The number of aromatic amines is 1. The summed E-state index contributed by atoms with van der Waals surface area (Å²) in [6.07, 6.45) is 6.69. The largest absolute Gasteiger partial charge is 0.355 e. The van der Waals surface area contributed by atoms with Gasteiger partial charge in [0, 0.05) is 35.9 Å². The van der Waals surface area contributed by atoms with Gasteiger partial charge in [-0.3, -0.25) is 4.79 Å². The van der Waals surface area contributed by atoms with Crippen LogP contribution in [0.2, 0.25) is 0 Å². The lowest BCUT2D eigenvalue weighted by molar-refractivity contribution is -0.122. The smallest absolute Gasteiger partial charge is 0.315 e. The number of aromatic nitrogens is 2. The molecule has 24 heavy (non-hydrogen) atoms. The summed E-state index contributed by atoms with van der Waals surface area (Å²) in [5.74, 6) is 0.847. The topological polar surface area (TPSA) is 125 Å². The van der Waals surface area contributed by atoms with Gasteiger partial charge in [0.25, 0.3) is 0 Å². The molecule has 8 nitrogen and oxygen atoms in total. The maximum absolute atomic E-state index is 11.9. The minimum atomic E-state index is -0.559. The predicted molar refractivity (Wildman–Crippen MR) is 92.6 cm³/mol. The van der Waals surface area contributed by atoms with E-state index in [1.807, 2.05) is 11.8 Å². The molecule has 9 heteroatoms. The predicted octanol–water partition coefficient (Wildman–Crippen LogP) is -0.269.